The zero-order chi connectivity index (χ0) is 11.3. The Hall–Kier alpha value is -1.47. The molecular weight excluding hydrogens is 220 g/mol. The molecule has 0 radical (unpaired) electrons. The largest absolute Gasteiger partial charge is 0.478 e. The summed E-state index contributed by atoms with van der Waals surface area (Å²) in [5.74, 6) is -1.67. The number of methoxy groups -OCH3 is 1. The van der Waals surface area contributed by atoms with Crippen molar-refractivity contribution in [3.05, 3.63) is 17.1 Å². The number of amides is 1. The van der Waals surface area contributed by atoms with E-state index in [4.69, 9.17) is 5.11 Å². The minimum atomic E-state index is -1.31. The molecule has 0 saturated carbocycles. The highest BCUT2D eigenvalue weighted by atomic mass is 32.1. The lowest BCUT2D eigenvalue weighted by atomic mass is 10.3. The Labute approximate surface area is 90.0 Å². The number of ether oxygens (including phenoxy) is 1. The van der Waals surface area contributed by atoms with Crippen LogP contribution in [0.4, 0.5) is 0 Å². The number of carboxylic acids is 1. The summed E-state index contributed by atoms with van der Waals surface area (Å²) in [6.45, 7) is 0. The number of rotatable bonds is 5. The Morgan fingerprint density at radius 3 is 2.93 bits per heavy atom. The van der Waals surface area contributed by atoms with Crippen LogP contribution in [0.15, 0.2) is 11.4 Å². The molecule has 0 aliphatic rings. The lowest BCUT2D eigenvalue weighted by Crippen LogP contribution is -2.42. The standard InChI is InChI=1S/C8H10N2O4S/c1-14-7(8(12)13)9-6(11)4-5-2-3-15-10-5/h2-3,7H,4H2,1H3,(H,9,11)(H,12,13). The maximum Gasteiger partial charge on any atom is 0.354 e. The molecule has 2 N–H and O–H groups in total. The zero-order valence-electron chi connectivity index (χ0n) is 7.97. The molecule has 0 fully saturated rings. The van der Waals surface area contributed by atoms with Gasteiger partial charge in [-0.1, -0.05) is 0 Å². The van der Waals surface area contributed by atoms with E-state index in [-0.39, 0.29) is 6.42 Å². The van der Waals surface area contributed by atoms with Crippen molar-refractivity contribution in [2.24, 2.45) is 0 Å². The summed E-state index contributed by atoms with van der Waals surface area (Å²) in [4.78, 5) is 21.8. The van der Waals surface area contributed by atoms with Crippen LogP contribution in [0.3, 0.4) is 0 Å². The van der Waals surface area contributed by atoms with Crippen LogP contribution in [0.5, 0.6) is 0 Å². The van der Waals surface area contributed by atoms with Crippen molar-refractivity contribution in [1.29, 1.82) is 0 Å². The van der Waals surface area contributed by atoms with Crippen molar-refractivity contribution >= 4 is 23.4 Å². The molecule has 1 unspecified atom stereocenters. The molecule has 0 bridgehead atoms. The molecule has 0 aliphatic carbocycles. The minimum absolute atomic E-state index is 0.0522. The van der Waals surface area contributed by atoms with E-state index in [1.165, 1.54) is 18.6 Å². The summed E-state index contributed by atoms with van der Waals surface area (Å²) in [5.41, 5.74) is 0.609. The van der Waals surface area contributed by atoms with Crippen LogP contribution >= 0.6 is 11.5 Å². The number of hydrogen-bond acceptors (Lipinski definition) is 5. The number of nitrogens with zero attached hydrogens (tertiary/aromatic N) is 1. The first-order valence-electron chi connectivity index (χ1n) is 4.07. The third-order valence-corrected chi connectivity index (χ3v) is 2.18. The van der Waals surface area contributed by atoms with Crippen LogP contribution < -0.4 is 5.32 Å². The SMILES string of the molecule is COC(NC(=O)Cc1ccsn1)C(=O)O. The summed E-state index contributed by atoms with van der Waals surface area (Å²) >= 11 is 1.23. The van der Waals surface area contributed by atoms with Gasteiger partial charge in [0.1, 0.15) is 0 Å². The molecule has 1 rings (SSSR count). The summed E-state index contributed by atoms with van der Waals surface area (Å²) < 4.78 is 8.48. The van der Waals surface area contributed by atoms with Gasteiger partial charge in [0.05, 0.1) is 12.1 Å². The predicted octanol–water partition coefficient (Wildman–Crippen LogP) is -0.141. The molecule has 6 nitrogen and oxygen atoms in total. The average molecular weight is 230 g/mol. The molecule has 0 aromatic carbocycles. The first-order chi connectivity index (χ1) is 7.13. The Morgan fingerprint density at radius 2 is 2.47 bits per heavy atom. The van der Waals surface area contributed by atoms with Crippen LogP contribution in [0.2, 0.25) is 0 Å². The number of carbonyl (C=O) groups is 2. The Morgan fingerprint density at radius 1 is 1.73 bits per heavy atom. The van der Waals surface area contributed by atoms with Crippen molar-refractivity contribution in [2.45, 2.75) is 12.6 Å². The normalized spacial score (nSPS) is 12.1. The molecule has 82 valence electrons. The highest BCUT2D eigenvalue weighted by Crippen LogP contribution is 2.00. The smallest absolute Gasteiger partial charge is 0.354 e. The molecule has 1 heterocycles. The fraction of sp³-hybridized carbons (Fsp3) is 0.375. The molecule has 0 aliphatic heterocycles. The van der Waals surface area contributed by atoms with Gasteiger partial charge in [-0.2, -0.15) is 4.37 Å². The second-order valence-corrected chi connectivity index (χ2v) is 3.35. The van der Waals surface area contributed by atoms with E-state index < -0.39 is 18.1 Å². The maximum absolute atomic E-state index is 11.3. The number of carboxylic acid groups (broad SMARTS) is 1. The lowest BCUT2D eigenvalue weighted by molar-refractivity contribution is -0.153. The Balaban J connectivity index is 2.45. The third-order valence-electron chi connectivity index (χ3n) is 1.58. The average Bonchev–Trinajstić information content (AvgIpc) is 2.66. The lowest BCUT2D eigenvalue weighted by Gasteiger charge is -2.11. The molecule has 1 aromatic rings. The van der Waals surface area contributed by atoms with E-state index in [2.05, 4.69) is 14.4 Å². The molecule has 1 amide bonds. The van der Waals surface area contributed by atoms with Crippen molar-refractivity contribution in [2.75, 3.05) is 7.11 Å². The van der Waals surface area contributed by atoms with Gasteiger partial charge in [-0.3, -0.25) is 4.79 Å². The van der Waals surface area contributed by atoms with E-state index in [1.54, 1.807) is 11.4 Å². The molecule has 0 spiro atoms. The van der Waals surface area contributed by atoms with Gasteiger partial charge in [-0.05, 0) is 17.6 Å². The van der Waals surface area contributed by atoms with Gasteiger partial charge >= 0.3 is 5.97 Å². The zero-order valence-corrected chi connectivity index (χ0v) is 8.78. The van der Waals surface area contributed by atoms with E-state index in [1.807, 2.05) is 0 Å². The Kier molecular flexibility index (Phi) is 4.19. The molecule has 0 saturated heterocycles. The molecule has 15 heavy (non-hydrogen) atoms. The van der Waals surface area contributed by atoms with E-state index in [0.717, 1.165) is 0 Å². The molecule has 1 atom stereocenters. The van der Waals surface area contributed by atoms with Crippen molar-refractivity contribution in [3.63, 3.8) is 0 Å². The van der Waals surface area contributed by atoms with Crippen LogP contribution in [0.25, 0.3) is 0 Å². The van der Waals surface area contributed by atoms with Crippen molar-refractivity contribution < 1.29 is 19.4 Å². The monoisotopic (exact) mass is 230 g/mol. The first-order valence-corrected chi connectivity index (χ1v) is 4.91. The summed E-state index contributed by atoms with van der Waals surface area (Å²) in [6, 6.07) is 1.70. The van der Waals surface area contributed by atoms with E-state index in [9.17, 15) is 9.59 Å². The van der Waals surface area contributed by atoms with Gasteiger partial charge in [0, 0.05) is 12.5 Å². The maximum atomic E-state index is 11.3. The fourth-order valence-corrected chi connectivity index (χ4v) is 1.45. The summed E-state index contributed by atoms with van der Waals surface area (Å²) in [7, 11) is 1.21. The van der Waals surface area contributed by atoms with Crippen LogP contribution in [-0.2, 0) is 20.7 Å². The fourth-order valence-electron chi connectivity index (χ4n) is 0.912. The quantitative estimate of drug-likeness (QED) is 0.687. The van der Waals surface area contributed by atoms with Gasteiger partial charge in [0.15, 0.2) is 0 Å². The van der Waals surface area contributed by atoms with Gasteiger partial charge < -0.3 is 15.2 Å². The Bertz CT molecular complexity index is 338. The van der Waals surface area contributed by atoms with Gasteiger partial charge in [-0.25, -0.2) is 4.79 Å². The summed E-state index contributed by atoms with van der Waals surface area (Å²) in [5, 5.41) is 12.5. The number of carbonyl (C=O) groups excluding carboxylic acids is 1. The van der Waals surface area contributed by atoms with Crippen LogP contribution in [0.1, 0.15) is 5.69 Å². The third kappa shape index (κ3) is 3.64. The van der Waals surface area contributed by atoms with Gasteiger partial charge in [0.2, 0.25) is 12.1 Å². The van der Waals surface area contributed by atoms with Crippen LogP contribution in [-0.4, -0.2) is 34.7 Å². The topological polar surface area (TPSA) is 88.5 Å². The second kappa shape index (κ2) is 5.42. The van der Waals surface area contributed by atoms with Gasteiger partial charge in [-0.15, -0.1) is 0 Å². The molecule has 1 aromatic heterocycles. The highest BCUT2D eigenvalue weighted by molar-refractivity contribution is 7.03. The first kappa shape index (κ1) is 11.6. The van der Waals surface area contributed by atoms with Crippen molar-refractivity contribution in [3.8, 4) is 0 Å². The molecule has 7 heteroatoms. The second-order valence-electron chi connectivity index (χ2n) is 2.69. The number of nitrogens with one attached hydrogen (secondary N) is 1. The predicted molar refractivity (Wildman–Crippen MR) is 52.4 cm³/mol. The summed E-state index contributed by atoms with van der Waals surface area (Å²) in [6.07, 6.45) is -1.26. The van der Waals surface area contributed by atoms with Gasteiger partial charge in [0.25, 0.3) is 0 Å². The minimum Gasteiger partial charge on any atom is -0.478 e. The van der Waals surface area contributed by atoms with E-state index >= 15 is 0 Å². The van der Waals surface area contributed by atoms with E-state index in [0.29, 0.717) is 5.69 Å². The number of hydrogen-bond donors (Lipinski definition) is 2. The number of aliphatic carboxylic acids is 1. The molecular formula is C8H10N2O4S. The highest BCUT2D eigenvalue weighted by Gasteiger charge is 2.18. The van der Waals surface area contributed by atoms with Crippen LogP contribution in [0, 0.1) is 0 Å². The number of aromatic nitrogens is 1. The van der Waals surface area contributed by atoms with Crippen molar-refractivity contribution in [1.82, 2.24) is 9.69 Å².